The van der Waals surface area contributed by atoms with E-state index in [4.69, 9.17) is 9.97 Å². The Hall–Kier alpha value is -6.92. The summed E-state index contributed by atoms with van der Waals surface area (Å²) in [6, 6.07) is 52.8. The molecule has 0 aliphatic carbocycles. The first kappa shape index (κ1) is 28.1. The number of benzene rings is 4. The fraction of sp³-hybridized carbons (Fsp3) is 0. The second-order valence-corrected chi connectivity index (χ2v) is 12.4. The summed E-state index contributed by atoms with van der Waals surface area (Å²) in [7, 11) is 0. The lowest BCUT2D eigenvalue weighted by Gasteiger charge is -2.12. The molecule has 10 aromatic rings. The normalized spacial score (nSPS) is 11.6. The minimum absolute atomic E-state index is 0.771. The van der Waals surface area contributed by atoms with Crippen molar-refractivity contribution < 1.29 is 0 Å². The smallest absolute Gasteiger partial charge is 0.145 e. The Balaban J connectivity index is 1.22. The first-order valence-corrected chi connectivity index (χ1v) is 16.6. The van der Waals surface area contributed by atoms with E-state index in [1.54, 1.807) is 12.4 Å². The van der Waals surface area contributed by atoms with E-state index >= 15 is 0 Å². The Morgan fingerprint density at radius 3 is 1.80 bits per heavy atom. The van der Waals surface area contributed by atoms with E-state index < -0.39 is 0 Å². The van der Waals surface area contributed by atoms with Gasteiger partial charge in [-0.1, -0.05) is 66.7 Å². The van der Waals surface area contributed by atoms with Crippen LogP contribution in [0, 0.1) is 0 Å². The van der Waals surface area contributed by atoms with Gasteiger partial charge in [-0.15, -0.1) is 0 Å². The van der Waals surface area contributed by atoms with Crippen molar-refractivity contribution in [2.24, 2.45) is 0 Å². The van der Waals surface area contributed by atoms with Crippen molar-refractivity contribution >= 4 is 43.7 Å². The summed E-state index contributed by atoms with van der Waals surface area (Å²) in [6.45, 7) is 0. The number of hydrogen-bond acceptors (Lipinski definition) is 4. The molecule has 6 heteroatoms. The van der Waals surface area contributed by atoms with E-state index in [1.165, 1.54) is 27.4 Å². The van der Waals surface area contributed by atoms with E-state index in [9.17, 15) is 0 Å². The molecule has 50 heavy (non-hydrogen) atoms. The van der Waals surface area contributed by atoms with Gasteiger partial charge in [-0.25, -0.2) is 9.97 Å². The lowest BCUT2D eigenvalue weighted by molar-refractivity contribution is 1.11. The second kappa shape index (κ2) is 11.4. The van der Waals surface area contributed by atoms with E-state index in [0.29, 0.717) is 0 Å². The van der Waals surface area contributed by atoms with E-state index in [0.717, 1.165) is 61.7 Å². The Morgan fingerprint density at radius 2 is 1.04 bits per heavy atom. The highest BCUT2D eigenvalue weighted by atomic mass is 15.1. The van der Waals surface area contributed by atoms with Crippen LogP contribution in [0.4, 0.5) is 0 Å². The van der Waals surface area contributed by atoms with Crippen LogP contribution in [0.1, 0.15) is 0 Å². The molecule has 0 aliphatic rings. The first-order chi connectivity index (χ1) is 24.8. The molecule has 0 radical (unpaired) electrons. The van der Waals surface area contributed by atoms with Crippen molar-refractivity contribution in [1.29, 1.82) is 0 Å². The Labute approximate surface area is 287 Å². The van der Waals surface area contributed by atoms with Gasteiger partial charge in [0.1, 0.15) is 5.65 Å². The molecule has 6 heterocycles. The van der Waals surface area contributed by atoms with Gasteiger partial charge in [-0.05, 0) is 96.1 Å². The molecule has 0 bridgehead atoms. The van der Waals surface area contributed by atoms with Crippen molar-refractivity contribution in [3.05, 3.63) is 170 Å². The molecule has 0 atom stereocenters. The van der Waals surface area contributed by atoms with Crippen LogP contribution in [0.3, 0.4) is 0 Å². The highest BCUT2D eigenvalue weighted by Crippen LogP contribution is 2.41. The van der Waals surface area contributed by atoms with Gasteiger partial charge in [0.05, 0.1) is 45.0 Å². The number of para-hydroxylation sites is 2. The lowest BCUT2D eigenvalue weighted by atomic mass is 9.98. The third-order valence-electron chi connectivity index (χ3n) is 9.47. The van der Waals surface area contributed by atoms with Gasteiger partial charge in [-0.2, -0.15) is 0 Å². The third kappa shape index (κ3) is 4.43. The summed E-state index contributed by atoms with van der Waals surface area (Å²) < 4.78 is 4.60. The molecular weight excluding hydrogens is 613 g/mol. The molecule has 0 saturated carbocycles. The SMILES string of the molecule is c1ccc(-n2c3ccccc3c3c(-c4ccc5c(c4)c4cccnc4n5-c4cc(-c5ccccn5)nc(-c5ccccn5)c4)cccc32)cc1. The highest BCUT2D eigenvalue weighted by molar-refractivity contribution is 6.17. The summed E-state index contributed by atoms with van der Waals surface area (Å²) in [5.74, 6) is 0. The van der Waals surface area contributed by atoms with Gasteiger partial charge in [0.25, 0.3) is 0 Å². The maximum absolute atomic E-state index is 5.01. The molecule has 0 N–H and O–H groups in total. The monoisotopic (exact) mass is 640 g/mol. The summed E-state index contributed by atoms with van der Waals surface area (Å²) in [6.07, 6.45) is 5.45. The molecule has 0 unspecified atom stereocenters. The summed E-state index contributed by atoms with van der Waals surface area (Å²) >= 11 is 0. The predicted octanol–water partition coefficient (Wildman–Crippen LogP) is 10.5. The fourth-order valence-electron chi connectivity index (χ4n) is 7.33. The second-order valence-electron chi connectivity index (χ2n) is 12.4. The van der Waals surface area contributed by atoms with Crippen LogP contribution in [-0.2, 0) is 0 Å². The quantitative estimate of drug-likeness (QED) is 0.188. The van der Waals surface area contributed by atoms with Gasteiger partial charge in [-0.3, -0.25) is 14.5 Å². The number of pyridine rings is 4. The highest BCUT2D eigenvalue weighted by Gasteiger charge is 2.20. The Bertz CT molecular complexity index is 2800. The molecule has 0 amide bonds. The molecule has 4 aromatic carbocycles. The molecule has 0 aliphatic heterocycles. The van der Waals surface area contributed by atoms with Crippen LogP contribution in [0.5, 0.6) is 0 Å². The average molecular weight is 641 g/mol. The summed E-state index contributed by atoms with van der Waals surface area (Å²) in [4.78, 5) is 19.2. The molecule has 10 rings (SSSR count). The van der Waals surface area contributed by atoms with Crippen LogP contribution < -0.4 is 0 Å². The van der Waals surface area contributed by atoms with Crippen LogP contribution in [0.25, 0.3) is 89.0 Å². The zero-order valence-electron chi connectivity index (χ0n) is 26.8. The van der Waals surface area contributed by atoms with Crippen molar-refractivity contribution in [3.8, 4) is 45.3 Å². The standard InChI is InChI=1S/C44H28N6/c1-2-12-30(13-3-1)49-40-19-5-4-14-34(40)43-32(15-10-20-42(43)49)29-21-22-41-35(26-29)33-16-11-25-47-44(33)50(41)31-27-38(36-17-6-8-23-45-36)48-39(28-31)37-18-7-9-24-46-37/h1-28H. The minimum atomic E-state index is 0.771. The molecule has 0 spiro atoms. The average Bonchev–Trinajstić information content (AvgIpc) is 3.71. The first-order valence-electron chi connectivity index (χ1n) is 16.6. The molecule has 6 aromatic heterocycles. The molecule has 234 valence electrons. The summed E-state index contributed by atoms with van der Waals surface area (Å²) in [5.41, 5.74) is 11.9. The Kier molecular flexibility index (Phi) is 6.39. The van der Waals surface area contributed by atoms with Crippen molar-refractivity contribution in [2.45, 2.75) is 0 Å². The minimum Gasteiger partial charge on any atom is -0.309 e. The van der Waals surface area contributed by atoms with E-state index in [1.807, 2.05) is 48.7 Å². The van der Waals surface area contributed by atoms with Gasteiger partial charge < -0.3 is 4.57 Å². The number of aromatic nitrogens is 6. The number of rotatable bonds is 5. The predicted molar refractivity (Wildman–Crippen MR) is 203 cm³/mol. The van der Waals surface area contributed by atoms with Crippen LogP contribution >= 0.6 is 0 Å². The topological polar surface area (TPSA) is 61.4 Å². The van der Waals surface area contributed by atoms with Crippen LogP contribution in [-0.4, -0.2) is 29.1 Å². The number of nitrogens with zero attached hydrogens (tertiary/aromatic N) is 6. The third-order valence-corrected chi connectivity index (χ3v) is 9.47. The lowest BCUT2D eigenvalue weighted by Crippen LogP contribution is -2.00. The van der Waals surface area contributed by atoms with Gasteiger partial charge in [0.2, 0.25) is 0 Å². The maximum atomic E-state index is 5.01. The summed E-state index contributed by atoms with van der Waals surface area (Å²) in [5, 5.41) is 4.68. The largest absolute Gasteiger partial charge is 0.309 e. The zero-order valence-corrected chi connectivity index (χ0v) is 26.8. The van der Waals surface area contributed by atoms with Crippen molar-refractivity contribution in [2.75, 3.05) is 0 Å². The number of fused-ring (bicyclic) bond motifs is 6. The van der Waals surface area contributed by atoms with Gasteiger partial charge in [0.15, 0.2) is 0 Å². The van der Waals surface area contributed by atoms with Crippen molar-refractivity contribution in [1.82, 2.24) is 29.1 Å². The van der Waals surface area contributed by atoms with Gasteiger partial charge >= 0.3 is 0 Å². The van der Waals surface area contributed by atoms with Crippen molar-refractivity contribution in [3.63, 3.8) is 0 Å². The van der Waals surface area contributed by atoms with Crippen LogP contribution in [0.2, 0.25) is 0 Å². The molecule has 0 fully saturated rings. The molecular formula is C44H28N6. The molecule has 0 saturated heterocycles. The van der Waals surface area contributed by atoms with Crippen LogP contribution in [0.15, 0.2) is 170 Å². The van der Waals surface area contributed by atoms with E-state index in [2.05, 4.69) is 128 Å². The van der Waals surface area contributed by atoms with E-state index in [-0.39, 0.29) is 0 Å². The zero-order chi connectivity index (χ0) is 33.0. The molecule has 6 nitrogen and oxygen atoms in total. The fourth-order valence-corrected chi connectivity index (χ4v) is 7.33. The Morgan fingerprint density at radius 1 is 0.380 bits per heavy atom. The number of hydrogen-bond donors (Lipinski definition) is 0. The maximum Gasteiger partial charge on any atom is 0.145 e. The van der Waals surface area contributed by atoms with Gasteiger partial charge in [0, 0.05) is 45.8 Å².